The first-order valence-electron chi connectivity index (χ1n) is 5.38. The molecule has 0 saturated heterocycles. The molecule has 0 aliphatic carbocycles. The van der Waals surface area contributed by atoms with Gasteiger partial charge in [-0.1, -0.05) is 12.1 Å². The van der Waals surface area contributed by atoms with E-state index in [0.29, 0.717) is 23.7 Å². The average molecular weight is 239 g/mol. The molecule has 5 heteroatoms. The summed E-state index contributed by atoms with van der Waals surface area (Å²) in [5.74, 6) is -0.784. The van der Waals surface area contributed by atoms with Crippen LogP contribution in [0.4, 0.5) is 0 Å². The van der Waals surface area contributed by atoms with Gasteiger partial charge in [-0.25, -0.2) is 0 Å². The summed E-state index contributed by atoms with van der Waals surface area (Å²) < 4.78 is 10.6. The molecule has 1 aromatic rings. The molecule has 0 aliphatic rings. The van der Waals surface area contributed by atoms with E-state index in [2.05, 4.69) is 0 Å². The smallest absolute Gasteiger partial charge is 0.312 e. The minimum atomic E-state index is -0.971. The van der Waals surface area contributed by atoms with Crippen molar-refractivity contribution >= 4 is 5.97 Å². The molecule has 1 unspecified atom stereocenters. The zero-order valence-electron chi connectivity index (χ0n) is 9.97. The van der Waals surface area contributed by atoms with Gasteiger partial charge in [-0.3, -0.25) is 4.79 Å². The van der Waals surface area contributed by atoms with Gasteiger partial charge < -0.3 is 20.3 Å². The fraction of sp³-hybridized carbons (Fsp3) is 0.417. The number of carboxylic acids is 1. The molecule has 1 rings (SSSR count). The number of carbonyl (C=O) groups is 1. The summed E-state index contributed by atoms with van der Waals surface area (Å²) in [6, 6.07) is 5.14. The highest BCUT2D eigenvalue weighted by Crippen LogP contribution is 2.35. The molecule has 1 aromatic carbocycles. The van der Waals surface area contributed by atoms with Gasteiger partial charge in [-0.2, -0.15) is 0 Å². The van der Waals surface area contributed by atoms with E-state index in [9.17, 15) is 4.79 Å². The second-order valence-corrected chi connectivity index (χ2v) is 3.44. The number of ether oxygens (including phenoxy) is 2. The van der Waals surface area contributed by atoms with E-state index in [4.69, 9.17) is 20.3 Å². The Balaban J connectivity index is 3.25. The van der Waals surface area contributed by atoms with E-state index in [-0.39, 0.29) is 6.54 Å². The maximum Gasteiger partial charge on any atom is 0.312 e. The van der Waals surface area contributed by atoms with Crippen molar-refractivity contribution in [2.24, 2.45) is 5.73 Å². The van der Waals surface area contributed by atoms with Gasteiger partial charge in [0.15, 0.2) is 11.5 Å². The molecular formula is C12H17NO4. The quantitative estimate of drug-likeness (QED) is 0.780. The van der Waals surface area contributed by atoms with Crippen molar-refractivity contribution < 1.29 is 19.4 Å². The Bertz CT molecular complexity index is 392. The second kappa shape index (κ2) is 6.10. The van der Waals surface area contributed by atoms with Crippen LogP contribution in [0.3, 0.4) is 0 Å². The van der Waals surface area contributed by atoms with Crippen LogP contribution in [0.5, 0.6) is 11.5 Å². The number of carboxylic acid groups (broad SMARTS) is 1. The molecule has 0 aromatic heterocycles. The zero-order valence-corrected chi connectivity index (χ0v) is 9.97. The van der Waals surface area contributed by atoms with Gasteiger partial charge in [0.2, 0.25) is 0 Å². The maximum atomic E-state index is 11.1. The van der Waals surface area contributed by atoms with E-state index in [1.54, 1.807) is 18.2 Å². The Morgan fingerprint density at radius 3 is 2.71 bits per heavy atom. The Kier molecular flexibility index (Phi) is 4.78. The van der Waals surface area contributed by atoms with Crippen LogP contribution in [0.1, 0.15) is 18.4 Å². The van der Waals surface area contributed by atoms with Crippen LogP contribution in [-0.2, 0) is 4.79 Å². The number of benzene rings is 1. The van der Waals surface area contributed by atoms with Crippen molar-refractivity contribution in [2.75, 3.05) is 20.3 Å². The first kappa shape index (κ1) is 13.3. The summed E-state index contributed by atoms with van der Waals surface area (Å²) in [6.45, 7) is 2.28. The summed E-state index contributed by atoms with van der Waals surface area (Å²) in [5, 5.41) is 9.11. The standard InChI is InChI=1S/C12H17NO4/c1-3-17-11-8(9(7-13)12(14)15)5-4-6-10(11)16-2/h4-6,9H,3,7,13H2,1-2H3,(H,14,15). The number of para-hydroxylation sites is 1. The summed E-state index contributed by atoms with van der Waals surface area (Å²) in [4.78, 5) is 11.1. The zero-order chi connectivity index (χ0) is 12.8. The van der Waals surface area contributed by atoms with Gasteiger partial charge in [0.25, 0.3) is 0 Å². The lowest BCUT2D eigenvalue weighted by atomic mass is 9.98. The Hall–Kier alpha value is -1.75. The molecule has 0 fully saturated rings. The lowest BCUT2D eigenvalue weighted by Crippen LogP contribution is -2.22. The second-order valence-electron chi connectivity index (χ2n) is 3.44. The third kappa shape index (κ3) is 2.88. The number of hydrogen-bond acceptors (Lipinski definition) is 4. The molecule has 5 nitrogen and oxygen atoms in total. The van der Waals surface area contributed by atoms with Gasteiger partial charge in [-0.05, 0) is 13.0 Å². The summed E-state index contributed by atoms with van der Waals surface area (Å²) in [5.41, 5.74) is 6.03. The van der Waals surface area contributed by atoms with E-state index in [0.717, 1.165) is 0 Å². The minimum absolute atomic E-state index is 0.0164. The van der Waals surface area contributed by atoms with Crippen molar-refractivity contribution in [3.8, 4) is 11.5 Å². The van der Waals surface area contributed by atoms with Crippen LogP contribution < -0.4 is 15.2 Å². The van der Waals surface area contributed by atoms with Crippen LogP contribution in [0.25, 0.3) is 0 Å². The van der Waals surface area contributed by atoms with Crippen molar-refractivity contribution in [3.05, 3.63) is 23.8 Å². The molecule has 0 radical (unpaired) electrons. The first-order chi connectivity index (χ1) is 8.15. The van der Waals surface area contributed by atoms with E-state index in [1.807, 2.05) is 6.92 Å². The van der Waals surface area contributed by atoms with E-state index >= 15 is 0 Å². The third-order valence-corrected chi connectivity index (χ3v) is 2.43. The molecule has 3 N–H and O–H groups in total. The number of rotatable bonds is 6. The van der Waals surface area contributed by atoms with Crippen LogP contribution >= 0.6 is 0 Å². The van der Waals surface area contributed by atoms with Crippen LogP contribution in [0.15, 0.2) is 18.2 Å². The topological polar surface area (TPSA) is 81.8 Å². The molecule has 0 heterocycles. The van der Waals surface area contributed by atoms with Crippen molar-refractivity contribution in [1.82, 2.24) is 0 Å². The lowest BCUT2D eigenvalue weighted by molar-refractivity contribution is -0.138. The highest BCUT2D eigenvalue weighted by molar-refractivity contribution is 5.78. The predicted octanol–water partition coefficient (Wildman–Crippen LogP) is 1.22. The maximum absolute atomic E-state index is 11.1. The average Bonchev–Trinajstić information content (AvgIpc) is 2.31. The first-order valence-corrected chi connectivity index (χ1v) is 5.38. The fourth-order valence-electron chi connectivity index (χ4n) is 1.63. The van der Waals surface area contributed by atoms with Crippen molar-refractivity contribution in [3.63, 3.8) is 0 Å². The van der Waals surface area contributed by atoms with E-state index in [1.165, 1.54) is 7.11 Å². The Labute approximate surface area is 100 Å². The molecule has 1 atom stereocenters. The molecule has 0 spiro atoms. The summed E-state index contributed by atoms with van der Waals surface area (Å²) >= 11 is 0. The Morgan fingerprint density at radius 1 is 1.53 bits per heavy atom. The fourth-order valence-corrected chi connectivity index (χ4v) is 1.63. The van der Waals surface area contributed by atoms with Crippen LogP contribution in [0.2, 0.25) is 0 Å². The Morgan fingerprint density at radius 2 is 2.24 bits per heavy atom. The van der Waals surface area contributed by atoms with Crippen molar-refractivity contribution in [2.45, 2.75) is 12.8 Å². The van der Waals surface area contributed by atoms with Gasteiger partial charge >= 0.3 is 5.97 Å². The largest absolute Gasteiger partial charge is 0.493 e. The normalized spacial score (nSPS) is 11.9. The highest BCUT2D eigenvalue weighted by atomic mass is 16.5. The van der Waals surface area contributed by atoms with Gasteiger partial charge in [0.1, 0.15) is 0 Å². The van der Waals surface area contributed by atoms with Gasteiger partial charge in [-0.15, -0.1) is 0 Å². The van der Waals surface area contributed by atoms with Crippen molar-refractivity contribution in [1.29, 1.82) is 0 Å². The van der Waals surface area contributed by atoms with Crippen LogP contribution in [0, 0.1) is 0 Å². The molecule has 94 valence electrons. The number of hydrogen-bond donors (Lipinski definition) is 2. The molecule has 0 aliphatic heterocycles. The number of nitrogens with two attached hydrogens (primary N) is 1. The highest BCUT2D eigenvalue weighted by Gasteiger charge is 2.24. The van der Waals surface area contributed by atoms with E-state index < -0.39 is 11.9 Å². The SMILES string of the molecule is CCOc1c(OC)cccc1C(CN)C(=O)O. The van der Waals surface area contributed by atoms with Crippen LogP contribution in [-0.4, -0.2) is 31.3 Å². The molecule has 17 heavy (non-hydrogen) atoms. The molecule has 0 bridgehead atoms. The summed E-state index contributed by atoms with van der Waals surface area (Å²) in [7, 11) is 1.51. The van der Waals surface area contributed by atoms with Gasteiger partial charge in [0.05, 0.1) is 19.6 Å². The third-order valence-electron chi connectivity index (χ3n) is 2.43. The summed E-state index contributed by atoms with van der Waals surface area (Å²) in [6.07, 6.45) is 0. The molecular weight excluding hydrogens is 222 g/mol. The minimum Gasteiger partial charge on any atom is -0.493 e. The van der Waals surface area contributed by atoms with Gasteiger partial charge in [0, 0.05) is 12.1 Å². The number of aliphatic carboxylic acids is 1. The predicted molar refractivity (Wildman–Crippen MR) is 63.6 cm³/mol. The molecule has 0 saturated carbocycles. The number of methoxy groups -OCH3 is 1. The monoisotopic (exact) mass is 239 g/mol. The lowest BCUT2D eigenvalue weighted by Gasteiger charge is -2.17. The molecule has 0 amide bonds.